The molecule has 0 atom stereocenters. The summed E-state index contributed by atoms with van der Waals surface area (Å²) in [5, 5.41) is 3.20. The maximum absolute atomic E-state index is 3.20. The van der Waals surface area contributed by atoms with E-state index in [4.69, 9.17) is 0 Å². The van der Waals surface area contributed by atoms with Crippen molar-refractivity contribution >= 4 is 17.0 Å². The van der Waals surface area contributed by atoms with Gasteiger partial charge in [-0.3, -0.25) is 0 Å². The van der Waals surface area contributed by atoms with E-state index in [-0.39, 0.29) is 17.0 Å². The van der Waals surface area contributed by atoms with Gasteiger partial charge in [0.05, 0.1) is 0 Å². The van der Waals surface area contributed by atoms with Crippen molar-refractivity contribution in [3.05, 3.63) is 0 Å². The fourth-order valence-electron chi connectivity index (χ4n) is 0.639. The molecule has 0 aromatic rings. The van der Waals surface area contributed by atoms with Crippen LogP contribution < -0.4 is 5.32 Å². The molecular weight excluding hydrogens is 168 g/mol. The lowest BCUT2D eigenvalue weighted by atomic mass is 10.2. The Bertz CT molecular complexity index is 61.4. The molecule has 0 amide bonds. The molecule has 1 fully saturated rings. The molecule has 3 heteroatoms. The van der Waals surface area contributed by atoms with Crippen LogP contribution in [0.5, 0.6) is 0 Å². The van der Waals surface area contributed by atoms with Gasteiger partial charge in [-0.05, 0) is 14.1 Å². The summed E-state index contributed by atoms with van der Waals surface area (Å²) in [4.78, 5) is 2.25. The van der Waals surface area contributed by atoms with E-state index < -0.39 is 0 Å². The van der Waals surface area contributed by atoms with Gasteiger partial charge in [0.2, 0.25) is 0 Å². The van der Waals surface area contributed by atoms with E-state index >= 15 is 0 Å². The third kappa shape index (κ3) is 1.73. The zero-order chi connectivity index (χ0) is 5.28. The van der Waals surface area contributed by atoms with Crippen molar-refractivity contribution in [3.8, 4) is 0 Å². The van der Waals surface area contributed by atoms with Crippen LogP contribution in [-0.2, 0) is 0 Å². The maximum Gasteiger partial charge on any atom is 0.0339 e. The first-order valence-electron chi connectivity index (χ1n) is 2.68. The molecule has 1 N–H and O–H groups in total. The van der Waals surface area contributed by atoms with Crippen LogP contribution >= 0.6 is 17.0 Å². The van der Waals surface area contributed by atoms with Crippen molar-refractivity contribution in [3.63, 3.8) is 0 Å². The largest absolute Gasteiger partial charge is 0.314 e. The van der Waals surface area contributed by atoms with E-state index in [0.29, 0.717) is 0 Å². The highest BCUT2D eigenvalue weighted by atomic mass is 79.9. The SMILES string of the molecule is Br.CN(C)C1CNC1. The van der Waals surface area contributed by atoms with Gasteiger partial charge < -0.3 is 10.2 Å². The molecule has 0 unspecified atom stereocenters. The number of nitrogens with zero attached hydrogens (tertiary/aromatic N) is 1. The highest BCUT2D eigenvalue weighted by Crippen LogP contribution is 1.96. The van der Waals surface area contributed by atoms with Crippen LogP contribution in [0.3, 0.4) is 0 Å². The van der Waals surface area contributed by atoms with Gasteiger partial charge in [-0.25, -0.2) is 0 Å². The fourth-order valence-corrected chi connectivity index (χ4v) is 0.639. The number of halogens is 1. The van der Waals surface area contributed by atoms with E-state index in [9.17, 15) is 0 Å². The normalized spacial score (nSPS) is 19.9. The molecule has 8 heavy (non-hydrogen) atoms. The van der Waals surface area contributed by atoms with Crippen LogP contribution in [0.1, 0.15) is 0 Å². The number of nitrogens with one attached hydrogen (secondary N) is 1. The Labute approximate surface area is 61.0 Å². The highest BCUT2D eigenvalue weighted by molar-refractivity contribution is 8.93. The van der Waals surface area contributed by atoms with Crippen molar-refractivity contribution in [2.75, 3.05) is 27.2 Å². The van der Waals surface area contributed by atoms with Gasteiger partial charge in [0.25, 0.3) is 0 Å². The summed E-state index contributed by atoms with van der Waals surface area (Å²) in [5.41, 5.74) is 0. The van der Waals surface area contributed by atoms with Crippen LogP contribution in [-0.4, -0.2) is 38.1 Å². The van der Waals surface area contributed by atoms with Gasteiger partial charge in [0, 0.05) is 19.1 Å². The molecule has 0 aromatic heterocycles. The second kappa shape index (κ2) is 3.43. The molecular formula is C5H13BrN2. The standard InChI is InChI=1S/C5H12N2.BrH/c1-7(2)5-3-6-4-5;/h5-6H,3-4H2,1-2H3;1H. The van der Waals surface area contributed by atoms with Gasteiger partial charge in [-0.15, -0.1) is 17.0 Å². The first kappa shape index (κ1) is 8.40. The Hall–Kier alpha value is 0.400. The minimum atomic E-state index is 0. The summed E-state index contributed by atoms with van der Waals surface area (Å²) in [6.45, 7) is 2.35. The van der Waals surface area contributed by atoms with Crippen molar-refractivity contribution < 1.29 is 0 Å². The van der Waals surface area contributed by atoms with Crippen molar-refractivity contribution in [1.82, 2.24) is 10.2 Å². The van der Waals surface area contributed by atoms with Crippen LogP contribution in [0.4, 0.5) is 0 Å². The molecule has 0 spiro atoms. The Kier molecular flexibility index (Phi) is 3.60. The monoisotopic (exact) mass is 180 g/mol. The lowest BCUT2D eigenvalue weighted by Crippen LogP contribution is -2.54. The quantitative estimate of drug-likeness (QED) is 0.617. The first-order valence-corrected chi connectivity index (χ1v) is 2.68. The first-order chi connectivity index (χ1) is 3.30. The Morgan fingerprint density at radius 3 is 1.88 bits per heavy atom. The van der Waals surface area contributed by atoms with Crippen molar-refractivity contribution in [2.45, 2.75) is 6.04 Å². The average molecular weight is 181 g/mol. The van der Waals surface area contributed by atoms with E-state index in [1.807, 2.05) is 0 Å². The van der Waals surface area contributed by atoms with Gasteiger partial charge in [-0.2, -0.15) is 0 Å². The highest BCUT2D eigenvalue weighted by Gasteiger charge is 2.17. The number of hydrogen-bond donors (Lipinski definition) is 1. The number of hydrogen-bond acceptors (Lipinski definition) is 2. The van der Waals surface area contributed by atoms with Gasteiger partial charge in [0.1, 0.15) is 0 Å². The third-order valence-corrected chi connectivity index (χ3v) is 1.49. The predicted molar refractivity (Wildman–Crippen MR) is 40.7 cm³/mol. The van der Waals surface area contributed by atoms with Crippen molar-refractivity contribution in [1.29, 1.82) is 0 Å². The van der Waals surface area contributed by atoms with Gasteiger partial charge in [0.15, 0.2) is 0 Å². The summed E-state index contributed by atoms with van der Waals surface area (Å²) >= 11 is 0. The maximum atomic E-state index is 3.20. The molecule has 1 heterocycles. The second-order valence-corrected chi connectivity index (χ2v) is 2.28. The average Bonchev–Trinajstić information content (AvgIpc) is 1.23. The van der Waals surface area contributed by atoms with E-state index in [2.05, 4.69) is 24.3 Å². The zero-order valence-electron chi connectivity index (χ0n) is 5.35. The molecule has 0 aromatic carbocycles. The predicted octanol–water partition coefficient (Wildman–Crippen LogP) is 0.0977. The van der Waals surface area contributed by atoms with E-state index in [0.717, 1.165) is 6.04 Å². The summed E-state index contributed by atoms with van der Waals surface area (Å²) in [5.74, 6) is 0. The fraction of sp³-hybridized carbons (Fsp3) is 1.00. The summed E-state index contributed by atoms with van der Waals surface area (Å²) in [6.07, 6.45) is 0. The van der Waals surface area contributed by atoms with E-state index in [1.54, 1.807) is 0 Å². The molecule has 0 bridgehead atoms. The molecule has 1 aliphatic rings. The van der Waals surface area contributed by atoms with Crippen LogP contribution in [0.2, 0.25) is 0 Å². The van der Waals surface area contributed by atoms with Crippen LogP contribution in [0, 0.1) is 0 Å². The second-order valence-electron chi connectivity index (χ2n) is 2.28. The topological polar surface area (TPSA) is 15.3 Å². The summed E-state index contributed by atoms with van der Waals surface area (Å²) in [6, 6.07) is 0.806. The molecule has 2 nitrogen and oxygen atoms in total. The third-order valence-electron chi connectivity index (χ3n) is 1.49. The molecule has 50 valence electrons. The van der Waals surface area contributed by atoms with Crippen LogP contribution in [0.15, 0.2) is 0 Å². The Morgan fingerprint density at radius 2 is 1.88 bits per heavy atom. The van der Waals surface area contributed by atoms with E-state index in [1.165, 1.54) is 13.1 Å². The molecule has 1 aliphatic heterocycles. The minimum absolute atomic E-state index is 0. The summed E-state index contributed by atoms with van der Waals surface area (Å²) in [7, 11) is 4.23. The van der Waals surface area contributed by atoms with Crippen LogP contribution in [0.25, 0.3) is 0 Å². The Balaban J connectivity index is 0.000000490. The lowest BCUT2D eigenvalue weighted by Gasteiger charge is -2.32. The summed E-state index contributed by atoms with van der Waals surface area (Å²) < 4.78 is 0. The molecule has 1 saturated heterocycles. The number of rotatable bonds is 1. The molecule has 0 radical (unpaired) electrons. The number of likely N-dealkylation sites (N-methyl/N-ethyl adjacent to an activating group) is 1. The van der Waals surface area contributed by atoms with Gasteiger partial charge >= 0.3 is 0 Å². The molecule has 1 rings (SSSR count). The molecule has 0 aliphatic carbocycles. The molecule has 0 saturated carbocycles. The lowest BCUT2D eigenvalue weighted by molar-refractivity contribution is 0.216. The zero-order valence-corrected chi connectivity index (χ0v) is 7.06. The smallest absolute Gasteiger partial charge is 0.0339 e. The van der Waals surface area contributed by atoms with Crippen molar-refractivity contribution in [2.24, 2.45) is 0 Å². The van der Waals surface area contributed by atoms with Gasteiger partial charge in [-0.1, -0.05) is 0 Å². The Morgan fingerprint density at radius 1 is 1.38 bits per heavy atom. The minimum Gasteiger partial charge on any atom is -0.314 e.